The maximum absolute atomic E-state index is 11.7. The Bertz CT molecular complexity index is 409. The second-order valence-electron chi connectivity index (χ2n) is 3.58. The Labute approximate surface area is 90.7 Å². The van der Waals surface area contributed by atoms with E-state index in [0.717, 1.165) is 19.4 Å². The van der Waals surface area contributed by atoms with Gasteiger partial charge in [-0.15, -0.1) is 0 Å². The van der Waals surface area contributed by atoms with Crippen LogP contribution in [0.1, 0.15) is 19.8 Å². The number of hydrogen-bond donors (Lipinski definition) is 0. The highest BCUT2D eigenvalue weighted by Gasteiger charge is 2.18. The van der Waals surface area contributed by atoms with Crippen LogP contribution in [-0.2, 0) is 16.6 Å². The molecule has 0 fully saturated rings. The van der Waals surface area contributed by atoms with Crippen molar-refractivity contribution < 1.29 is 8.42 Å². The number of nitrogens with zero attached hydrogens (tertiary/aromatic N) is 3. The zero-order valence-corrected chi connectivity index (χ0v) is 10.2. The molecule has 0 unspecified atom stereocenters. The summed E-state index contributed by atoms with van der Waals surface area (Å²) in [6.45, 7) is 2.85. The fraction of sp³-hybridized carbons (Fsp3) is 0.667. The Morgan fingerprint density at radius 1 is 1.47 bits per heavy atom. The Morgan fingerprint density at radius 3 is 2.67 bits per heavy atom. The van der Waals surface area contributed by atoms with Crippen molar-refractivity contribution in [3.8, 4) is 0 Å². The van der Waals surface area contributed by atoms with E-state index >= 15 is 0 Å². The zero-order valence-electron chi connectivity index (χ0n) is 9.34. The second-order valence-corrected chi connectivity index (χ2v) is 5.73. The third-order valence-corrected chi connectivity index (χ3v) is 3.90. The monoisotopic (exact) mass is 231 g/mol. The third kappa shape index (κ3) is 2.79. The van der Waals surface area contributed by atoms with Crippen molar-refractivity contribution in [2.45, 2.75) is 31.2 Å². The average molecular weight is 231 g/mol. The molecule has 1 aromatic rings. The van der Waals surface area contributed by atoms with Crippen molar-refractivity contribution >= 4 is 10.0 Å². The molecular formula is C9H17N3O2S. The van der Waals surface area contributed by atoms with E-state index in [4.69, 9.17) is 0 Å². The highest BCUT2D eigenvalue weighted by molar-refractivity contribution is 7.89. The van der Waals surface area contributed by atoms with Gasteiger partial charge in [-0.3, -0.25) is 4.68 Å². The number of aromatic nitrogens is 2. The first-order valence-electron chi connectivity index (χ1n) is 4.93. The van der Waals surface area contributed by atoms with E-state index in [9.17, 15) is 8.42 Å². The first-order chi connectivity index (χ1) is 6.98. The van der Waals surface area contributed by atoms with Crippen molar-refractivity contribution in [1.29, 1.82) is 0 Å². The summed E-state index contributed by atoms with van der Waals surface area (Å²) in [6.07, 6.45) is 5.04. The van der Waals surface area contributed by atoms with Crippen LogP contribution in [0.2, 0.25) is 0 Å². The third-order valence-electron chi connectivity index (χ3n) is 2.13. The molecule has 0 N–H and O–H groups in total. The Hall–Kier alpha value is -0.880. The second kappa shape index (κ2) is 4.76. The van der Waals surface area contributed by atoms with Gasteiger partial charge < -0.3 is 0 Å². The smallest absolute Gasteiger partial charge is 0.245 e. The van der Waals surface area contributed by atoms with Gasteiger partial charge in [-0.2, -0.15) is 5.10 Å². The molecule has 15 heavy (non-hydrogen) atoms. The molecule has 0 aromatic carbocycles. The van der Waals surface area contributed by atoms with Gasteiger partial charge in [0.05, 0.1) is 6.20 Å². The molecule has 0 aliphatic heterocycles. The molecule has 0 saturated carbocycles. The van der Waals surface area contributed by atoms with Gasteiger partial charge in [0.1, 0.15) is 4.90 Å². The van der Waals surface area contributed by atoms with Crippen molar-refractivity contribution in [1.82, 2.24) is 14.1 Å². The highest BCUT2D eigenvalue weighted by atomic mass is 32.2. The lowest BCUT2D eigenvalue weighted by molar-refractivity contribution is 0.520. The van der Waals surface area contributed by atoms with Gasteiger partial charge in [0.2, 0.25) is 10.0 Å². The van der Waals surface area contributed by atoms with Crippen LogP contribution < -0.4 is 0 Å². The van der Waals surface area contributed by atoms with Crippen LogP contribution in [0.5, 0.6) is 0 Å². The molecule has 0 amide bonds. The minimum absolute atomic E-state index is 0.253. The SMILES string of the molecule is CCCCn1cc(S(=O)(=O)N(C)C)cn1. The number of aryl methyl sites for hydroxylation is 1. The normalized spacial score (nSPS) is 12.3. The lowest BCUT2D eigenvalue weighted by atomic mass is 10.3. The molecule has 5 nitrogen and oxygen atoms in total. The molecule has 1 rings (SSSR count). The average Bonchev–Trinajstić information content (AvgIpc) is 2.63. The van der Waals surface area contributed by atoms with Crippen LogP contribution in [0.25, 0.3) is 0 Å². The first-order valence-corrected chi connectivity index (χ1v) is 6.37. The van der Waals surface area contributed by atoms with E-state index in [-0.39, 0.29) is 4.90 Å². The molecule has 1 aromatic heterocycles. The van der Waals surface area contributed by atoms with Crippen LogP contribution in [0.4, 0.5) is 0 Å². The van der Waals surface area contributed by atoms with Gasteiger partial charge in [0, 0.05) is 26.8 Å². The number of unbranched alkanes of at least 4 members (excludes halogenated alkanes) is 1. The van der Waals surface area contributed by atoms with Gasteiger partial charge in [-0.25, -0.2) is 12.7 Å². The summed E-state index contributed by atoms with van der Waals surface area (Å²) in [4.78, 5) is 0.253. The number of rotatable bonds is 5. The molecule has 1 heterocycles. The van der Waals surface area contributed by atoms with Crippen molar-refractivity contribution in [2.24, 2.45) is 0 Å². The van der Waals surface area contributed by atoms with Crippen LogP contribution >= 0.6 is 0 Å². The quantitative estimate of drug-likeness (QED) is 0.757. The number of sulfonamides is 1. The summed E-state index contributed by atoms with van der Waals surface area (Å²) in [5, 5.41) is 4.01. The molecule has 0 saturated heterocycles. The summed E-state index contributed by atoms with van der Waals surface area (Å²) in [6, 6.07) is 0. The maximum Gasteiger partial charge on any atom is 0.245 e. The summed E-state index contributed by atoms with van der Waals surface area (Å²) in [5.41, 5.74) is 0. The summed E-state index contributed by atoms with van der Waals surface area (Å²) < 4.78 is 26.2. The van der Waals surface area contributed by atoms with Crippen LogP contribution in [0.3, 0.4) is 0 Å². The van der Waals surface area contributed by atoms with E-state index in [0.29, 0.717) is 0 Å². The Kier molecular flexibility index (Phi) is 3.87. The molecule has 0 bridgehead atoms. The van der Waals surface area contributed by atoms with Crippen molar-refractivity contribution in [3.63, 3.8) is 0 Å². The van der Waals surface area contributed by atoms with Gasteiger partial charge in [0.25, 0.3) is 0 Å². The van der Waals surface area contributed by atoms with Crippen LogP contribution in [-0.4, -0.2) is 36.6 Å². The Morgan fingerprint density at radius 2 is 2.13 bits per heavy atom. The molecule has 0 atom stereocenters. The minimum atomic E-state index is -3.33. The van der Waals surface area contributed by atoms with E-state index < -0.39 is 10.0 Å². The van der Waals surface area contributed by atoms with E-state index in [1.54, 1.807) is 10.9 Å². The first kappa shape index (κ1) is 12.2. The molecule has 86 valence electrons. The van der Waals surface area contributed by atoms with Crippen molar-refractivity contribution in [3.05, 3.63) is 12.4 Å². The van der Waals surface area contributed by atoms with Crippen LogP contribution in [0.15, 0.2) is 17.3 Å². The van der Waals surface area contributed by atoms with Gasteiger partial charge >= 0.3 is 0 Å². The topological polar surface area (TPSA) is 55.2 Å². The fourth-order valence-corrected chi connectivity index (χ4v) is 1.99. The molecule has 0 spiro atoms. The molecule has 0 aliphatic rings. The molecule has 6 heteroatoms. The highest BCUT2D eigenvalue weighted by Crippen LogP contribution is 2.11. The summed E-state index contributed by atoms with van der Waals surface area (Å²) >= 11 is 0. The standard InChI is InChI=1S/C9H17N3O2S/c1-4-5-6-12-8-9(7-10-12)15(13,14)11(2)3/h7-8H,4-6H2,1-3H3. The van der Waals surface area contributed by atoms with E-state index in [2.05, 4.69) is 12.0 Å². The molecule has 0 radical (unpaired) electrons. The molecule has 0 aliphatic carbocycles. The number of hydrogen-bond acceptors (Lipinski definition) is 3. The fourth-order valence-electron chi connectivity index (χ4n) is 1.13. The summed E-state index contributed by atoms with van der Waals surface area (Å²) in [5.74, 6) is 0. The maximum atomic E-state index is 11.7. The van der Waals surface area contributed by atoms with Crippen LogP contribution in [0, 0.1) is 0 Å². The van der Waals surface area contributed by atoms with Gasteiger partial charge in [-0.05, 0) is 6.42 Å². The molecular weight excluding hydrogens is 214 g/mol. The largest absolute Gasteiger partial charge is 0.271 e. The summed E-state index contributed by atoms with van der Waals surface area (Å²) in [7, 11) is -0.306. The predicted octanol–water partition coefficient (Wildman–Crippen LogP) is 0.933. The van der Waals surface area contributed by atoms with E-state index in [1.807, 2.05) is 0 Å². The lowest BCUT2D eigenvalue weighted by Crippen LogP contribution is -2.21. The van der Waals surface area contributed by atoms with Gasteiger partial charge in [-0.1, -0.05) is 13.3 Å². The minimum Gasteiger partial charge on any atom is -0.271 e. The zero-order chi connectivity index (χ0) is 11.5. The Balaban J connectivity index is 2.85. The van der Waals surface area contributed by atoms with E-state index in [1.165, 1.54) is 24.6 Å². The lowest BCUT2D eigenvalue weighted by Gasteiger charge is -2.08. The van der Waals surface area contributed by atoms with Crippen molar-refractivity contribution in [2.75, 3.05) is 14.1 Å². The predicted molar refractivity (Wildman–Crippen MR) is 58.0 cm³/mol. The van der Waals surface area contributed by atoms with Gasteiger partial charge in [0.15, 0.2) is 0 Å².